The van der Waals surface area contributed by atoms with E-state index in [-0.39, 0.29) is 0 Å². The van der Waals surface area contributed by atoms with Crippen LogP contribution in [-0.2, 0) is 0 Å². The van der Waals surface area contributed by atoms with Crippen LogP contribution in [0.3, 0.4) is 0 Å². The largest absolute Gasteiger partial charge is 0.359 e. The smallest absolute Gasteiger partial charge is 0.226 e. The van der Waals surface area contributed by atoms with Crippen molar-refractivity contribution in [3.05, 3.63) is 6.20 Å². The molecule has 0 unspecified atom stereocenters. The number of hydrogen-bond donors (Lipinski definition) is 2. The summed E-state index contributed by atoms with van der Waals surface area (Å²) in [6.07, 6.45) is 4.10. The Bertz CT molecular complexity index is 506. The first-order valence-electron chi connectivity index (χ1n) is 6.42. The van der Waals surface area contributed by atoms with Gasteiger partial charge in [-0.05, 0) is 13.3 Å². The normalized spacial score (nSPS) is 10.8. The Balaban J connectivity index is 2.36. The van der Waals surface area contributed by atoms with Crippen molar-refractivity contribution in [2.24, 2.45) is 0 Å². The zero-order valence-electron chi connectivity index (χ0n) is 11.2. The molecule has 6 heteroatoms. The summed E-state index contributed by atoms with van der Waals surface area (Å²) in [7, 11) is 2.06. The van der Waals surface area contributed by atoms with Crippen LogP contribution in [-0.4, -0.2) is 40.3 Å². The van der Waals surface area contributed by atoms with Crippen LogP contribution >= 0.6 is 0 Å². The van der Waals surface area contributed by atoms with E-state index in [4.69, 9.17) is 0 Å². The first-order valence-corrected chi connectivity index (χ1v) is 6.42. The van der Waals surface area contributed by atoms with Gasteiger partial charge in [-0.15, -0.1) is 0 Å². The minimum absolute atomic E-state index is 0.646. The number of hydrogen-bond acceptors (Lipinski definition) is 5. The lowest BCUT2D eigenvalue weighted by atomic mass is 10.3. The van der Waals surface area contributed by atoms with Crippen molar-refractivity contribution in [1.82, 2.24) is 20.2 Å². The lowest BCUT2D eigenvalue weighted by molar-refractivity contribution is 0.761. The third-order valence-corrected chi connectivity index (χ3v) is 2.83. The Labute approximate surface area is 107 Å². The number of aromatic amines is 1. The van der Waals surface area contributed by atoms with Crippen LogP contribution in [0.25, 0.3) is 11.0 Å². The molecule has 0 atom stereocenters. The van der Waals surface area contributed by atoms with Gasteiger partial charge in [0.2, 0.25) is 5.95 Å². The molecular weight excluding hydrogens is 228 g/mol. The Hall–Kier alpha value is -1.85. The second-order valence-electron chi connectivity index (χ2n) is 4.31. The SMILES string of the molecule is CCCCN(C)c1nc(NCC)nc2[nH]ncc12. The fourth-order valence-electron chi connectivity index (χ4n) is 1.85. The molecule has 2 N–H and O–H groups in total. The molecular formula is C12H20N6. The Morgan fingerprint density at radius 2 is 2.17 bits per heavy atom. The van der Waals surface area contributed by atoms with Crippen molar-refractivity contribution >= 4 is 22.8 Å². The van der Waals surface area contributed by atoms with Gasteiger partial charge < -0.3 is 10.2 Å². The summed E-state index contributed by atoms with van der Waals surface area (Å²) in [6, 6.07) is 0. The molecule has 0 amide bonds. The highest BCUT2D eigenvalue weighted by molar-refractivity contribution is 5.87. The summed E-state index contributed by atoms with van der Waals surface area (Å²) in [6.45, 7) is 6.00. The summed E-state index contributed by atoms with van der Waals surface area (Å²) < 4.78 is 0. The van der Waals surface area contributed by atoms with E-state index in [2.05, 4.69) is 44.4 Å². The third kappa shape index (κ3) is 2.52. The van der Waals surface area contributed by atoms with Crippen molar-refractivity contribution in [2.45, 2.75) is 26.7 Å². The van der Waals surface area contributed by atoms with Crippen LogP contribution in [0.5, 0.6) is 0 Å². The van der Waals surface area contributed by atoms with Crippen molar-refractivity contribution in [2.75, 3.05) is 30.4 Å². The van der Waals surface area contributed by atoms with Crippen LogP contribution in [0, 0.1) is 0 Å². The number of nitrogens with one attached hydrogen (secondary N) is 2. The van der Waals surface area contributed by atoms with Crippen LogP contribution in [0.1, 0.15) is 26.7 Å². The molecule has 0 saturated heterocycles. The van der Waals surface area contributed by atoms with E-state index >= 15 is 0 Å². The van der Waals surface area contributed by atoms with Gasteiger partial charge in [0.1, 0.15) is 5.82 Å². The van der Waals surface area contributed by atoms with Gasteiger partial charge in [0.25, 0.3) is 0 Å². The van der Waals surface area contributed by atoms with Crippen LogP contribution in [0.15, 0.2) is 6.20 Å². The number of nitrogens with zero attached hydrogens (tertiary/aromatic N) is 4. The topological polar surface area (TPSA) is 69.7 Å². The molecule has 0 fully saturated rings. The maximum Gasteiger partial charge on any atom is 0.226 e. The van der Waals surface area contributed by atoms with E-state index in [1.807, 2.05) is 6.92 Å². The number of fused-ring (bicyclic) bond motifs is 1. The molecule has 2 heterocycles. The van der Waals surface area contributed by atoms with E-state index in [0.717, 1.165) is 36.4 Å². The van der Waals surface area contributed by atoms with Gasteiger partial charge in [-0.3, -0.25) is 5.10 Å². The molecule has 0 aliphatic carbocycles. The summed E-state index contributed by atoms with van der Waals surface area (Å²) in [5, 5.41) is 11.1. The fraction of sp³-hybridized carbons (Fsp3) is 0.583. The van der Waals surface area contributed by atoms with Crippen molar-refractivity contribution in [3.63, 3.8) is 0 Å². The van der Waals surface area contributed by atoms with Crippen molar-refractivity contribution in [3.8, 4) is 0 Å². The van der Waals surface area contributed by atoms with Gasteiger partial charge in [-0.1, -0.05) is 13.3 Å². The molecule has 0 aliphatic rings. The van der Waals surface area contributed by atoms with Crippen LogP contribution in [0.4, 0.5) is 11.8 Å². The van der Waals surface area contributed by atoms with Gasteiger partial charge in [0.05, 0.1) is 11.6 Å². The molecule has 0 aromatic carbocycles. The predicted molar refractivity (Wildman–Crippen MR) is 74.0 cm³/mol. The maximum absolute atomic E-state index is 4.56. The number of anilines is 2. The highest BCUT2D eigenvalue weighted by Crippen LogP contribution is 2.23. The molecule has 18 heavy (non-hydrogen) atoms. The van der Waals surface area contributed by atoms with Gasteiger partial charge in [-0.2, -0.15) is 15.1 Å². The molecule has 2 aromatic rings. The highest BCUT2D eigenvalue weighted by Gasteiger charge is 2.12. The number of H-pyrrole nitrogens is 1. The molecule has 0 saturated carbocycles. The highest BCUT2D eigenvalue weighted by atomic mass is 15.2. The Morgan fingerprint density at radius 3 is 2.89 bits per heavy atom. The molecule has 0 aliphatic heterocycles. The average Bonchev–Trinajstić information content (AvgIpc) is 2.83. The first-order chi connectivity index (χ1) is 8.76. The quantitative estimate of drug-likeness (QED) is 0.818. The van der Waals surface area contributed by atoms with Crippen LogP contribution < -0.4 is 10.2 Å². The molecule has 0 radical (unpaired) electrons. The van der Waals surface area contributed by atoms with Gasteiger partial charge in [0.15, 0.2) is 5.65 Å². The monoisotopic (exact) mass is 248 g/mol. The lowest BCUT2D eigenvalue weighted by Crippen LogP contribution is -2.20. The Morgan fingerprint density at radius 1 is 1.33 bits per heavy atom. The standard InChI is InChI=1S/C12H20N6/c1-4-6-7-18(3)11-9-8-14-17-10(9)15-12(16-11)13-5-2/h8H,4-7H2,1-3H3,(H2,13,14,15,16,17). The minimum atomic E-state index is 0.646. The van der Waals surface area contributed by atoms with Gasteiger partial charge in [0, 0.05) is 20.1 Å². The zero-order valence-corrected chi connectivity index (χ0v) is 11.2. The maximum atomic E-state index is 4.56. The van der Waals surface area contributed by atoms with E-state index in [1.54, 1.807) is 6.20 Å². The predicted octanol–water partition coefficient (Wildman–Crippen LogP) is 2.02. The Kier molecular flexibility index (Phi) is 3.96. The van der Waals surface area contributed by atoms with Gasteiger partial charge in [-0.25, -0.2) is 0 Å². The number of unbranched alkanes of at least 4 members (excludes halogenated alkanes) is 1. The van der Waals surface area contributed by atoms with Crippen LogP contribution in [0.2, 0.25) is 0 Å². The van der Waals surface area contributed by atoms with E-state index in [9.17, 15) is 0 Å². The van der Waals surface area contributed by atoms with Gasteiger partial charge >= 0.3 is 0 Å². The number of rotatable bonds is 6. The zero-order chi connectivity index (χ0) is 13.0. The second kappa shape index (κ2) is 5.66. The summed E-state index contributed by atoms with van der Waals surface area (Å²) >= 11 is 0. The molecule has 98 valence electrons. The van der Waals surface area contributed by atoms with E-state index in [0.29, 0.717) is 5.95 Å². The third-order valence-electron chi connectivity index (χ3n) is 2.83. The van der Waals surface area contributed by atoms with E-state index < -0.39 is 0 Å². The minimum Gasteiger partial charge on any atom is -0.359 e. The molecule has 2 rings (SSSR count). The molecule has 0 spiro atoms. The summed E-state index contributed by atoms with van der Waals surface area (Å²) in [5.74, 6) is 1.57. The molecule has 2 aromatic heterocycles. The van der Waals surface area contributed by atoms with E-state index in [1.165, 1.54) is 6.42 Å². The summed E-state index contributed by atoms with van der Waals surface area (Å²) in [4.78, 5) is 11.1. The fourth-order valence-corrected chi connectivity index (χ4v) is 1.85. The second-order valence-corrected chi connectivity index (χ2v) is 4.31. The molecule has 0 bridgehead atoms. The van der Waals surface area contributed by atoms with Crippen molar-refractivity contribution < 1.29 is 0 Å². The lowest BCUT2D eigenvalue weighted by Gasteiger charge is -2.19. The first kappa shape index (κ1) is 12.6. The summed E-state index contributed by atoms with van der Waals surface area (Å²) in [5.41, 5.74) is 0.777. The average molecular weight is 248 g/mol. The number of aromatic nitrogens is 4. The molecule has 6 nitrogen and oxygen atoms in total. The van der Waals surface area contributed by atoms with Crippen molar-refractivity contribution in [1.29, 1.82) is 0 Å².